The Kier molecular flexibility index (Phi) is 2.90. The van der Waals surface area contributed by atoms with Crippen LogP contribution in [0, 0.1) is 5.92 Å². The summed E-state index contributed by atoms with van der Waals surface area (Å²) in [6.07, 6.45) is 4.41. The second kappa shape index (κ2) is 4.31. The largest absolute Gasteiger partial charge is 0.308 e. The summed E-state index contributed by atoms with van der Waals surface area (Å²) in [4.78, 5) is 6.88. The number of nitrogens with zero attached hydrogens (tertiary/aromatic N) is 4. The fourth-order valence-electron chi connectivity index (χ4n) is 2.99. The van der Waals surface area contributed by atoms with E-state index >= 15 is 0 Å². The molecule has 1 saturated heterocycles. The lowest BCUT2D eigenvalue weighted by Gasteiger charge is -2.45. The summed E-state index contributed by atoms with van der Waals surface area (Å²) in [5.41, 5.74) is 0.297. The minimum atomic E-state index is 0.297. The van der Waals surface area contributed by atoms with Crippen LogP contribution in [0.1, 0.15) is 32.5 Å². The van der Waals surface area contributed by atoms with Gasteiger partial charge in [-0.05, 0) is 32.6 Å². The highest BCUT2D eigenvalue weighted by Crippen LogP contribution is 2.41. The topological polar surface area (TPSA) is 46.0 Å². The van der Waals surface area contributed by atoms with Gasteiger partial charge in [-0.25, -0.2) is 4.98 Å². The Morgan fingerprint density at radius 3 is 2.89 bits per heavy atom. The highest BCUT2D eigenvalue weighted by molar-refractivity contribution is 5.04. The molecule has 2 heterocycles. The molecule has 2 aliphatic rings. The van der Waals surface area contributed by atoms with Crippen molar-refractivity contribution in [2.75, 3.05) is 13.1 Å². The van der Waals surface area contributed by atoms with E-state index in [2.05, 4.69) is 34.1 Å². The van der Waals surface area contributed by atoms with Crippen LogP contribution < -0.4 is 5.32 Å². The summed E-state index contributed by atoms with van der Waals surface area (Å²) in [5.74, 6) is 1.92. The van der Waals surface area contributed by atoms with Crippen molar-refractivity contribution >= 4 is 0 Å². The number of hydrogen-bond acceptors (Lipinski definition) is 4. The van der Waals surface area contributed by atoms with E-state index in [1.54, 1.807) is 6.33 Å². The van der Waals surface area contributed by atoms with Crippen molar-refractivity contribution in [2.45, 2.75) is 44.8 Å². The lowest BCUT2D eigenvalue weighted by Crippen LogP contribution is -2.63. The third-order valence-electron chi connectivity index (χ3n) is 4.58. The van der Waals surface area contributed by atoms with Gasteiger partial charge in [-0.15, -0.1) is 0 Å². The first kappa shape index (κ1) is 12.1. The fraction of sp³-hybridized carbons (Fsp3) is 0.846. The molecule has 1 saturated carbocycles. The maximum atomic E-state index is 4.34. The molecule has 0 bridgehead atoms. The standard InChI is InChI=1S/C13H23N5/c1-10-6-15-13(2,11-4-5-11)8-18(10)7-12-14-9-16-17(12)3/h9-11,15H,4-8H2,1-3H3. The van der Waals surface area contributed by atoms with E-state index < -0.39 is 0 Å². The van der Waals surface area contributed by atoms with Crippen molar-refractivity contribution in [3.8, 4) is 0 Å². The third-order valence-corrected chi connectivity index (χ3v) is 4.58. The smallest absolute Gasteiger partial charge is 0.140 e. The molecule has 3 rings (SSSR count). The number of aryl methyl sites for hydroxylation is 1. The van der Waals surface area contributed by atoms with Crippen LogP contribution in [-0.2, 0) is 13.6 Å². The van der Waals surface area contributed by atoms with E-state index in [0.717, 1.165) is 31.4 Å². The maximum absolute atomic E-state index is 4.34. The quantitative estimate of drug-likeness (QED) is 0.860. The van der Waals surface area contributed by atoms with Gasteiger partial charge in [0, 0.05) is 31.7 Å². The van der Waals surface area contributed by atoms with Gasteiger partial charge in [0.05, 0.1) is 6.54 Å². The van der Waals surface area contributed by atoms with E-state index in [4.69, 9.17) is 0 Å². The zero-order chi connectivity index (χ0) is 12.8. The molecule has 18 heavy (non-hydrogen) atoms. The summed E-state index contributed by atoms with van der Waals surface area (Å²) in [7, 11) is 1.97. The first-order valence-corrected chi connectivity index (χ1v) is 6.90. The molecule has 2 atom stereocenters. The number of piperazine rings is 1. The van der Waals surface area contributed by atoms with Gasteiger partial charge >= 0.3 is 0 Å². The molecule has 100 valence electrons. The fourth-order valence-corrected chi connectivity index (χ4v) is 2.99. The van der Waals surface area contributed by atoms with Crippen molar-refractivity contribution in [1.82, 2.24) is 25.0 Å². The zero-order valence-electron chi connectivity index (χ0n) is 11.6. The second-order valence-electron chi connectivity index (χ2n) is 6.13. The molecule has 1 aromatic rings. The first-order valence-electron chi connectivity index (χ1n) is 6.90. The van der Waals surface area contributed by atoms with Gasteiger partial charge in [-0.3, -0.25) is 9.58 Å². The molecule has 5 nitrogen and oxygen atoms in total. The number of hydrogen-bond donors (Lipinski definition) is 1. The predicted molar refractivity (Wildman–Crippen MR) is 70.0 cm³/mol. The highest BCUT2D eigenvalue weighted by atomic mass is 15.3. The number of nitrogens with one attached hydrogen (secondary N) is 1. The Hall–Kier alpha value is -0.940. The van der Waals surface area contributed by atoms with Gasteiger partial charge in [0.15, 0.2) is 0 Å². The van der Waals surface area contributed by atoms with E-state index in [0.29, 0.717) is 11.6 Å². The molecule has 0 spiro atoms. The van der Waals surface area contributed by atoms with Crippen LogP contribution in [0.4, 0.5) is 0 Å². The van der Waals surface area contributed by atoms with Crippen LogP contribution in [0.15, 0.2) is 6.33 Å². The van der Waals surface area contributed by atoms with Gasteiger partial charge in [-0.2, -0.15) is 5.10 Å². The summed E-state index contributed by atoms with van der Waals surface area (Å²) in [6.45, 7) is 7.76. The van der Waals surface area contributed by atoms with E-state index in [1.807, 2.05) is 11.7 Å². The van der Waals surface area contributed by atoms with E-state index in [1.165, 1.54) is 12.8 Å². The van der Waals surface area contributed by atoms with Crippen LogP contribution in [0.5, 0.6) is 0 Å². The molecule has 2 fully saturated rings. The average Bonchev–Trinajstić information content (AvgIpc) is 3.12. The molecule has 0 radical (unpaired) electrons. The summed E-state index contributed by atoms with van der Waals surface area (Å²) < 4.78 is 1.88. The number of rotatable bonds is 3. The summed E-state index contributed by atoms with van der Waals surface area (Å²) >= 11 is 0. The van der Waals surface area contributed by atoms with Crippen molar-refractivity contribution in [2.24, 2.45) is 13.0 Å². The molecule has 0 aromatic carbocycles. The molecule has 2 unspecified atom stereocenters. The minimum Gasteiger partial charge on any atom is -0.308 e. The molecule has 1 N–H and O–H groups in total. The minimum absolute atomic E-state index is 0.297. The van der Waals surface area contributed by atoms with Crippen LogP contribution >= 0.6 is 0 Å². The van der Waals surface area contributed by atoms with Crippen molar-refractivity contribution in [1.29, 1.82) is 0 Å². The Morgan fingerprint density at radius 1 is 1.50 bits per heavy atom. The molecule has 1 aromatic heterocycles. The molecule has 1 aliphatic carbocycles. The van der Waals surface area contributed by atoms with Gasteiger partial charge in [0.25, 0.3) is 0 Å². The first-order chi connectivity index (χ1) is 8.58. The molecule has 5 heteroatoms. The van der Waals surface area contributed by atoms with Gasteiger partial charge in [0.1, 0.15) is 12.2 Å². The Labute approximate surface area is 109 Å². The molecule has 0 amide bonds. The van der Waals surface area contributed by atoms with Gasteiger partial charge < -0.3 is 5.32 Å². The Balaban J connectivity index is 1.71. The predicted octanol–water partition coefficient (Wildman–Crippen LogP) is 0.777. The second-order valence-corrected chi connectivity index (χ2v) is 6.13. The molecular weight excluding hydrogens is 226 g/mol. The van der Waals surface area contributed by atoms with Crippen molar-refractivity contribution < 1.29 is 0 Å². The van der Waals surface area contributed by atoms with Crippen LogP contribution in [0.3, 0.4) is 0 Å². The SMILES string of the molecule is CC1CNC(C)(C2CC2)CN1Cc1ncnn1C. The lowest BCUT2D eigenvalue weighted by molar-refractivity contribution is 0.0739. The van der Waals surface area contributed by atoms with Gasteiger partial charge in [0.2, 0.25) is 0 Å². The van der Waals surface area contributed by atoms with Crippen molar-refractivity contribution in [3.05, 3.63) is 12.2 Å². The van der Waals surface area contributed by atoms with Crippen molar-refractivity contribution in [3.63, 3.8) is 0 Å². The average molecular weight is 249 g/mol. The van der Waals surface area contributed by atoms with E-state index in [-0.39, 0.29) is 0 Å². The summed E-state index contributed by atoms with van der Waals surface area (Å²) in [5, 5.41) is 7.90. The highest BCUT2D eigenvalue weighted by Gasteiger charge is 2.45. The van der Waals surface area contributed by atoms with Gasteiger partial charge in [-0.1, -0.05) is 0 Å². The van der Waals surface area contributed by atoms with E-state index in [9.17, 15) is 0 Å². The lowest BCUT2D eigenvalue weighted by atomic mass is 9.91. The normalized spacial score (nSPS) is 33.8. The third kappa shape index (κ3) is 2.17. The zero-order valence-corrected chi connectivity index (χ0v) is 11.6. The monoisotopic (exact) mass is 249 g/mol. The van der Waals surface area contributed by atoms with Crippen LogP contribution in [-0.4, -0.2) is 44.3 Å². The van der Waals surface area contributed by atoms with Crippen LogP contribution in [0.2, 0.25) is 0 Å². The molecule has 1 aliphatic heterocycles. The summed E-state index contributed by atoms with van der Waals surface area (Å²) in [6, 6.07) is 0.563. The van der Waals surface area contributed by atoms with Crippen LogP contribution in [0.25, 0.3) is 0 Å². The molecular formula is C13H23N5. The Morgan fingerprint density at radius 2 is 2.28 bits per heavy atom. The maximum Gasteiger partial charge on any atom is 0.140 e. The number of aromatic nitrogens is 3. The Bertz CT molecular complexity index is 425.